The summed E-state index contributed by atoms with van der Waals surface area (Å²) in [6.07, 6.45) is 10.8. The number of azo groups is 1. The molecule has 5 N–H and O–H groups in total. The van der Waals surface area contributed by atoms with E-state index in [9.17, 15) is 34.2 Å². The number of unbranched alkanes of at least 4 members (excludes halogenated alkanes) is 2. The first kappa shape index (κ1) is 57.2. The van der Waals surface area contributed by atoms with Crippen molar-refractivity contribution in [2.45, 2.75) is 96.4 Å². The van der Waals surface area contributed by atoms with Crippen molar-refractivity contribution in [1.82, 2.24) is 20.5 Å². The van der Waals surface area contributed by atoms with Crippen LogP contribution in [0.2, 0.25) is 0 Å². The van der Waals surface area contributed by atoms with Crippen LogP contribution in [0.3, 0.4) is 0 Å². The van der Waals surface area contributed by atoms with Crippen molar-refractivity contribution in [2.24, 2.45) is 10.2 Å². The molecule has 16 heteroatoms. The largest absolute Gasteiger partial charge is 0.506 e. The predicted octanol–water partition coefficient (Wildman–Crippen LogP) is 9.66. The number of carbonyl (C=O) groups is 5. The smallest absolute Gasteiger partial charge is 0.336 e. The molecule has 88 heavy (non-hydrogen) atoms. The van der Waals surface area contributed by atoms with E-state index in [1.807, 2.05) is 48.5 Å². The van der Waals surface area contributed by atoms with Gasteiger partial charge in [-0.1, -0.05) is 60.7 Å². The number of nitrogens with one attached hydrogen (secondary N) is 3. The minimum atomic E-state index is -1.12. The molecule has 7 aromatic rings. The van der Waals surface area contributed by atoms with Gasteiger partial charge in [0.25, 0.3) is 11.8 Å². The van der Waals surface area contributed by atoms with Gasteiger partial charge < -0.3 is 40.7 Å². The molecule has 0 aliphatic carbocycles. The molecule has 444 valence electrons. The van der Waals surface area contributed by atoms with E-state index in [4.69, 9.17) is 4.74 Å². The molecular weight excluding hydrogens is 1100 g/mol. The summed E-state index contributed by atoms with van der Waals surface area (Å²) < 4.78 is 9.68. The first-order chi connectivity index (χ1) is 43.0. The van der Waals surface area contributed by atoms with Crippen LogP contribution >= 0.6 is 0 Å². The monoisotopic (exact) mass is 1170 g/mol. The van der Waals surface area contributed by atoms with Gasteiger partial charge in [-0.15, -0.1) is 5.11 Å². The van der Waals surface area contributed by atoms with Crippen LogP contribution in [0, 0.1) is 11.8 Å². The summed E-state index contributed by atoms with van der Waals surface area (Å²) in [5.41, 5.74) is 14.2. The van der Waals surface area contributed by atoms with E-state index >= 15 is 0 Å². The van der Waals surface area contributed by atoms with Crippen molar-refractivity contribution in [3.05, 3.63) is 204 Å². The summed E-state index contributed by atoms with van der Waals surface area (Å²) in [6, 6.07) is 36.6. The molecule has 0 aromatic heterocycles. The molecule has 0 atom stereocenters. The number of aromatic hydroxyl groups is 1. The number of benzene rings is 7. The summed E-state index contributed by atoms with van der Waals surface area (Å²) >= 11 is 0. The molecule has 16 nitrogen and oxygen atoms in total. The first-order valence-corrected chi connectivity index (χ1v) is 31.0. The number of rotatable bonds is 18. The second-order valence-corrected chi connectivity index (χ2v) is 23.6. The van der Waals surface area contributed by atoms with Gasteiger partial charge in [0.15, 0.2) is 0 Å². The third-order valence-electron chi connectivity index (χ3n) is 17.8. The standard InChI is InChI=1S/C72H68N8O8/c81-62-40-45(21-30-60(62)77-76-53-27-24-48(25-28-53)70(84)74-33-7-1-2-20-63(82)73-35-32-64(83)80-44-52-14-4-3-12-46(52)22-23-47-13-5-6-19-61(47)80)31-34-75-71(85)51-26-29-54(57(43-51)72(86)87)65-58-41-49-15-8-36-78-38-10-17-55(66(49)78)68(58)88-69-56-18-11-39-79-37-9-16-50(67(56)79)42-59(65)69/h3-6,12-14,19,21,24-30,40-43H,1-2,7-11,15-18,20,31-39,44H2,(H4-,73,74,75,76,81,82,84,85,86,87)/p+1. The zero-order valence-electron chi connectivity index (χ0n) is 49.2. The van der Waals surface area contributed by atoms with E-state index in [-0.39, 0.29) is 59.8 Å². The lowest BCUT2D eigenvalue weighted by Gasteiger charge is -2.39. The molecule has 0 fully saturated rings. The topological polar surface area (TPSA) is 205 Å². The third kappa shape index (κ3) is 11.8. The highest BCUT2D eigenvalue weighted by Crippen LogP contribution is 2.49. The van der Waals surface area contributed by atoms with E-state index in [0.29, 0.717) is 55.6 Å². The number of ether oxygens (including phenoxy) is 1. The number of carboxylic acid groups (broad SMARTS) is 1. The summed E-state index contributed by atoms with van der Waals surface area (Å²) in [6.45, 7) is 5.38. The van der Waals surface area contributed by atoms with Gasteiger partial charge in [0.1, 0.15) is 36.0 Å². The number of amides is 4. The van der Waals surface area contributed by atoms with E-state index in [2.05, 4.69) is 59.6 Å². The summed E-state index contributed by atoms with van der Waals surface area (Å²) in [7, 11) is 0. The number of phenolic OH excluding ortho intramolecular Hbond substituents is 1. The van der Waals surface area contributed by atoms with Gasteiger partial charge in [-0.05, 0) is 159 Å². The molecule has 0 unspecified atom stereocenters. The molecule has 0 saturated carbocycles. The summed E-state index contributed by atoms with van der Waals surface area (Å²) in [4.78, 5) is 70.6. The van der Waals surface area contributed by atoms with Crippen molar-refractivity contribution < 1.29 is 38.9 Å². The third-order valence-corrected chi connectivity index (χ3v) is 17.8. The minimum absolute atomic E-state index is 0.0529. The van der Waals surface area contributed by atoms with Crippen LogP contribution in [0.25, 0.3) is 5.57 Å². The van der Waals surface area contributed by atoms with Gasteiger partial charge in [-0.25, -0.2) is 9.37 Å². The van der Waals surface area contributed by atoms with Crippen LogP contribution in [0.4, 0.5) is 22.7 Å². The Hall–Kier alpha value is -9.88. The fourth-order valence-corrected chi connectivity index (χ4v) is 13.5. The van der Waals surface area contributed by atoms with E-state index in [0.717, 1.165) is 140 Å². The highest BCUT2D eigenvalue weighted by atomic mass is 16.5. The number of fused-ring (bicyclic) bond motifs is 6. The molecule has 0 radical (unpaired) electrons. The Kier molecular flexibility index (Phi) is 16.4. The Morgan fingerprint density at radius 3 is 2.20 bits per heavy atom. The zero-order chi connectivity index (χ0) is 60.3. The second-order valence-electron chi connectivity index (χ2n) is 23.6. The van der Waals surface area contributed by atoms with Crippen LogP contribution in [0.15, 0.2) is 132 Å². The van der Waals surface area contributed by atoms with Gasteiger partial charge in [-0.3, -0.25) is 19.2 Å². The van der Waals surface area contributed by atoms with Crippen LogP contribution in [0.5, 0.6) is 17.2 Å². The molecule has 0 spiro atoms. The molecule has 0 bridgehead atoms. The molecular formula is C72H69N8O8+. The van der Waals surface area contributed by atoms with Crippen molar-refractivity contribution >= 4 is 57.9 Å². The summed E-state index contributed by atoms with van der Waals surface area (Å²) in [5, 5.41) is 41.4. The van der Waals surface area contributed by atoms with Gasteiger partial charge >= 0.3 is 5.97 Å². The van der Waals surface area contributed by atoms with E-state index in [1.165, 1.54) is 39.4 Å². The van der Waals surface area contributed by atoms with Crippen LogP contribution < -0.4 is 45.6 Å². The lowest BCUT2D eigenvalue weighted by Crippen LogP contribution is -2.45. The number of phenols is 1. The van der Waals surface area contributed by atoms with E-state index < -0.39 is 11.9 Å². The fraction of sp³-hybridized carbons (Fsp3) is 0.306. The van der Waals surface area contributed by atoms with Crippen molar-refractivity contribution in [1.29, 1.82) is 0 Å². The maximum Gasteiger partial charge on any atom is 0.336 e. The van der Waals surface area contributed by atoms with Crippen LogP contribution in [-0.4, -0.2) is 85.6 Å². The molecule has 6 aliphatic heterocycles. The Morgan fingerprint density at radius 2 is 1.36 bits per heavy atom. The van der Waals surface area contributed by atoms with Crippen LogP contribution in [-0.2, 0) is 48.2 Å². The molecule has 13 rings (SSSR count). The number of nitrogens with zero attached hydrogens (tertiary/aromatic N) is 5. The highest BCUT2D eigenvalue weighted by molar-refractivity contribution is 6.03. The van der Waals surface area contributed by atoms with E-state index in [1.54, 1.807) is 59.5 Å². The maximum absolute atomic E-state index is 13.8. The van der Waals surface area contributed by atoms with Gasteiger partial charge in [-0.2, -0.15) is 5.11 Å². The Labute approximate surface area is 510 Å². The normalized spacial score (nSPS) is 14.9. The molecule has 0 saturated heterocycles. The number of hydrogen-bond acceptors (Lipinski definition) is 10. The Bertz CT molecular complexity index is 4230. The highest BCUT2D eigenvalue weighted by Gasteiger charge is 2.37. The lowest BCUT2D eigenvalue weighted by molar-refractivity contribution is -0.121. The Morgan fingerprint density at radius 1 is 0.625 bits per heavy atom. The average Bonchev–Trinajstić information content (AvgIpc) is 1.67. The molecule has 4 amide bonds. The zero-order valence-corrected chi connectivity index (χ0v) is 49.2. The lowest BCUT2D eigenvalue weighted by atomic mass is 9.81. The molecule has 7 aromatic carbocycles. The number of carbonyl (C=O) groups excluding carboxylic acids is 4. The molecule has 6 aliphatic rings. The first-order valence-electron chi connectivity index (χ1n) is 31.0. The number of carboxylic acids is 1. The number of aryl methyl sites for hydroxylation is 2. The van der Waals surface area contributed by atoms with Gasteiger partial charge in [0.05, 0.1) is 29.0 Å². The van der Waals surface area contributed by atoms with Crippen molar-refractivity contribution in [3.8, 4) is 29.1 Å². The van der Waals surface area contributed by atoms with Crippen molar-refractivity contribution in [3.63, 3.8) is 0 Å². The number of anilines is 2. The minimum Gasteiger partial charge on any atom is -0.506 e. The van der Waals surface area contributed by atoms with Crippen LogP contribution in [0.1, 0.15) is 144 Å². The average molecular weight is 1170 g/mol. The quantitative estimate of drug-likeness (QED) is 0.0240. The SMILES string of the molecule is O=C(CCCCCNC(=O)c1ccc(N=Nc2ccc(CCNC(=O)c3ccc(C4=c5cc6c7c(c5Oc5c4cc4c8c5CCCN8CCC4)CCC[N+]=7CCC6)c(C(=O)O)c3)cc2O)cc1)NCCC(=O)N1Cc2ccccc2C#Cc2ccccc21. The Balaban J connectivity index is 0.582. The molecule has 6 heterocycles. The van der Waals surface area contributed by atoms with Gasteiger partial charge in [0.2, 0.25) is 17.2 Å². The number of hydrogen-bond donors (Lipinski definition) is 5. The maximum atomic E-state index is 13.8. The second kappa shape index (κ2) is 25.2. The number of aromatic carboxylic acids is 1. The number of para-hydroxylation sites is 1. The predicted molar refractivity (Wildman–Crippen MR) is 337 cm³/mol. The fourth-order valence-electron chi connectivity index (χ4n) is 13.5. The van der Waals surface area contributed by atoms with Gasteiger partial charge in [0, 0.05) is 114 Å². The summed E-state index contributed by atoms with van der Waals surface area (Å²) in [5.74, 6) is 6.04. The van der Waals surface area contributed by atoms with Crippen molar-refractivity contribution in [2.75, 3.05) is 55.6 Å².